The van der Waals surface area contributed by atoms with E-state index >= 15 is 0 Å². The Kier molecular flexibility index (Phi) is 4.03. The third kappa shape index (κ3) is 2.96. The van der Waals surface area contributed by atoms with E-state index in [0.717, 1.165) is 6.07 Å². The Morgan fingerprint density at radius 2 is 1.75 bits per heavy atom. The first-order valence-electron chi connectivity index (χ1n) is 5.42. The Balaban J connectivity index is 2.48. The van der Waals surface area contributed by atoms with Crippen molar-refractivity contribution in [2.75, 3.05) is 5.33 Å². The molecule has 0 radical (unpaired) electrons. The molecule has 0 bridgehead atoms. The molecule has 0 atom stereocenters. The van der Waals surface area contributed by atoms with Crippen LogP contribution in [0.5, 0.6) is 0 Å². The second-order valence-electron chi connectivity index (χ2n) is 3.82. The van der Waals surface area contributed by atoms with Crippen molar-refractivity contribution < 1.29 is 9.85 Å². The number of aromatic nitrogens is 3. The normalized spacial score (nSPS) is 10.4. The molecule has 0 fully saturated rings. The first kappa shape index (κ1) is 14.1. The molecular weight excluding hydrogens is 334 g/mol. The van der Waals surface area contributed by atoms with E-state index in [1.54, 1.807) is 6.20 Å². The van der Waals surface area contributed by atoms with Crippen molar-refractivity contribution in [3.63, 3.8) is 0 Å². The van der Waals surface area contributed by atoms with Crippen LogP contribution in [0.15, 0.2) is 24.4 Å². The summed E-state index contributed by atoms with van der Waals surface area (Å²) in [6.45, 7) is 0. The van der Waals surface area contributed by atoms with Gasteiger partial charge in [0, 0.05) is 23.9 Å². The van der Waals surface area contributed by atoms with Crippen molar-refractivity contribution in [3.05, 3.63) is 50.3 Å². The van der Waals surface area contributed by atoms with E-state index in [1.165, 1.54) is 16.8 Å². The lowest BCUT2D eigenvalue weighted by molar-refractivity contribution is -0.394. The fraction of sp³-hybridized carbons (Fsp3) is 0.200. The van der Waals surface area contributed by atoms with Crippen LogP contribution in [0.3, 0.4) is 0 Å². The Labute approximate surface area is 120 Å². The number of nitrogens with zero attached hydrogens (tertiary/aromatic N) is 5. The monoisotopic (exact) mass is 341 g/mol. The van der Waals surface area contributed by atoms with Crippen LogP contribution in [0.4, 0.5) is 11.4 Å². The van der Waals surface area contributed by atoms with Gasteiger partial charge in [0.1, 0.15) is 0 Å². The van der Waals surface area contributed by atoms with Crippen LogP contribution < -0.4 is 0 Å². The van der Waals surface area contributed by atoms with Gasteiger partial charge in [0.25, 0.3) is 11.4 Å². The molecule has 2 rings (SSSR count). The summed E-state index contributed by atoms with van der Waals surface area (Å²) in [5.74, 6) is 0. The quantitative estimate of drug-likeness (QED) is 0.466. The van der Waals surface area contributed by atoms with Crippen molar-refractivity contribution in [2.24, 2.45) is 0 Å². The van der Waals surface area contributed by atoms with Crippen LogP contribution in [-0.4, -0.2) is 30.2 Å². The lowest BCUT2D eigenvalue weighted by Gasteiger charge is -2.00. The molecule has 10 heteroatoms. The Morgan fingerprint density at radius 1 is 1.15 bits per heavy atom. The minimum atomic E-state index is -0.688. The van der Waals surface area contributed by atoms with Crippen LogP contribution in [0, 0.1) is 20.2 Å². The summed E-state index contributed by atoms with van der Waals surface area (Å²) in [5.41, 5.74) is 0.161. The smallest absolute Gasteiger partial charge is 0.258 e. The maximum atomic E-state index is 10.8. The Bertz CT molecular complexity index is 639. The molecule has 1 heterocycles. The van der Waals surface area contributed by atoms with E-state index in [4.69, 9.17) is 0 Å². The molecule has 0 aliphatic carbocycles. The van der Waals surface area contributed by atoms with Crippen LogP contribution in [0.25, 0.3) is 5.69 Å². The second-order valence-corrected chi connectivity index (χ2v) is 4.61. The molecular formula is C10H8BrN5O4. The molecule has 1 aromatic heterocycles. The van der Waals surface area contributed by atoms with Gasteiger partial charge in [-0.05, 0) is 0 Å². The molecule has 1 aromatic carbocycles. The number of rotatable bonds is 5. The molecule has 9 nitrogen and oxygen atoms in total. The third-order valence-electron chi connectivity index (χ3n) is 2.46. The summed E-state index contributed by atoms with van der Waals surface area (Å²) in [7, 11) is 0. The molecule has 0 saturated carbocycles. The van der Waals surface area contributed by atoms with Gasteiger partial charge in [0.2, 0.25) is 0 Å². The minimum Gasteiger partial charge on any atom is -0.258 e. The standard InChI is InChI=1S/C10H8BrN5O4/c11-2-1-7-6-14(13-12-7)8-3-9(15(17)18)5-10(4-8)16(19)20/h3-6H,1-2H2. The number of non-ortho nitro benzene ring substituents is 2. The Morgan fingerprint density at radius 3 is 2.25 bits per heavy atom. The summed E-state index contributed by atoms with van der Waals surface area (Å²) < 4.78 is 1.28. The van der Waals surface area contributed by atoms with E-state index in [2.05, 4.69) is 26.2 Å². The van der Waals surface area contributed by atoms with Crippen LogP contribution in [0.2, 0.25) is 0 Å². The predicted octanol–water partition coefficient (Wildman–Crippen LogP) is 2.02. The van der Waals surface area contributed by atoms with Crippen molar-refractivity contribution in [3.8, 4) is 5.69 Å². The van der Waals surface area contributed by atoms with Crippen LogP contribution in [-0.2, 0) is 6.42 Å². The van der Waals surface area contributed by atoms with E-state index in [9.17, 15) is 20.2 Å². The van der Waals surface area contributed by atoms with Gasteiger partial charge < -0.3 is 0 Å². The summed E-state index contributed by atoms with van der Waals surface area (Å²) in [4.78, 5) is 20.2. The van der Waals surface area contributed by atoms with E-state index in [0.29, 0.717) is 17.4 Å². The van der Waals surface area contributed by atoms with Gasteiger partial charge in [-0.15, -0.1) is 5.10 Å². The molecule has 20 heavy (non-hydrogen) atoms. The van der Waals surface area contributed by atoms with E-state index in [-0.39, 0.29) is 17.1 Å². The highest BCUT2D eigenvalue weighted by atomic mass is 79.9. The number of nitro groups is 2. The number of halogens is 1. The van der Waals surface area contributed by atoms with Crippen molar-refractivity contribution in [1.29, 1.82) is 0 Å². The zero-order valence-corrected chi connectivity index (χ0v) is 11.6. The number of hydrogen-bond donors (Lipinski definition) is 0. The highest BCUT2D eigenvalue weighted by Gasteiger charge is 2.17. The fourth-order valence-corrected chi connectivity index (χ4v) is 1.96. The molecule has 2 aromatic rings. The zero-order valence-electron chi connectivity index (χ0n) is 9.97. The average molecular weight is 342 g/mol. The molecule has 0 aliphatic heterocycles. The van der Waals surface area contributed by atoms with Gasteiger partial charge in [0.05, 0.1) is 33.5 Å². The topological polar surface area (TPSA) is 117 Å². The zero-order chi connectivity index (χ0) is 14.7. The molecule has 104 valence electrons. The van der Waals surface area contributed by atoms with Gasteiger partial charge in [-0.1, -0.05) is 21.1 Å². The lowest BCUT2D eigenvalue weighted by Crippen LogP contribution is -1.99. The lowest BCUT2D eigenvalue weighted by atomic mass is 10.2. The van der Waals surface area contributed by atoms with Crippen molar-refractivity contribution >= 4 is 27.3 Å². The maximum absolute atomic E-state index is 10.8. The van der Waals surface area contributed by atoms with Gasteiger partial charge >= 0.3 is 0 Å². The van der Waals surface area contributed by atoms with Crippen LogP contribution in [0.1, 0.15) is 5.69 Å². The van der Waals surface area contributed by atoms with E-state index < -0.39 is 9.85 Å². The largest absolute Gasteiger partial charge is 0.278 e. The number of alkyl halides is 1. The van der Waals surface area contributed by atoms with Crippen molar-refractivity contribution in [1.82, 2.24) is 15.0 Å². The first-order chi connectivity index (χ1) is 9.51. The average Bonchev–Trinajstić information content (AvgIpc) is 2.87. The summed E-state index contributed by atoms with van der Waals surface area (Å²) in [6, 6.07) is 3.32. The first-order valence-corrected chi connectivity index (χ1v) is 6.55. The summed E-state index contributed by atoms with van der Waals surface area (Å²) in [5, 5.41) is 30.0. The van der Waals surface area contributed by atoms with Crippen molar-refractivity contribution in [2.45, 2.75) is 6.42 Å². The minimum absolute atomic E-state index is 0.222. The second kappa shape index (κ2) is 5.74. The van der Waals surface area contributed by atoms with Gasteiger partial charge in [-0.3, -0.25) is 20.2 Å². The highest BCUT2D eigenvalue weighted by Crippen LogP contribution is 2.24. The predicted molar refractivity (Wildman–Crippen MR) is 72.2 cm³/mol. The Hall–Kier alpha value is -2.36. The number of nitro benzene ring substituents is 2. The molecule has 0 N–H and O–H groups in total. The van der Waals surface area contributed by atoms with Crippen LogP contribution >= 0.6 is 15.9 Å². The SMILES string of the molecule is O=[N+]([O-])c1cc(-n2cc(CCBr)nn2)cc([N+](=O)[O-])c1. The van der Waals surface area contributed by atoms with E-state index in [1.807, 2.05) is 0 Å². The molecule has 0 spiro atoms. The molecule has 0 unspecified atom stereocenters. The number of benzene rings is 1. The third-order valence-corrected chi connectivity index (χ3v) is 2.86. The molecule has 0 aliphatic rings. The molecule has 0 saturated heterocycles. The fourth-order valence-electron chi connectivity index (χ4n) is 1.56. The summed E-state index contributed by atoms with van der Waals surface area (Å²) in [6.07, 6.45) is 2.21. The van der Waals surface area contributed by atoms with Gasteiger partial charge in [-0.2, -0.15) is 0 Å². The summed E-state index contributed by atoms with van der Waals surface area (Å²) >= 11 is 3.26. The maximum Gasteiger partial charge on any atom is 0.278 e. The molecule has 0 amide bonds. The highest BCUT2D eigenvalue weighted by molar-refractivity contribution is 9.09. The van der Waals surface area contributed by atoms with Gasteiger partial charge in [0.15, 0.2) is 0 Å². The number of hydrogen-bond acceptors (Lipinski definition) is 6. The van der Waals surface area contributed by atoms with Gasteiger partial charge in [-0.25, -0.2) is 4.68 Å². The number of aryl methyl sites for hydroxylation is 1.